The first-order chi connectivity index (χ1) is 12.6. The second-order valence-corrected chi connectivity index (χ2v) is 5.23. The molecule has 0 unspecified atom stereocenters. The molecule has 136 valence electrons. The number of rotatable bonds is 7. The molecule has 0 heterocycles. The van der Waals surface area contributed by atoms with Crippen molar-refractivity contribution in [2.75, 3.05) is 13.2 Å². The van der Waals surface area contributed by atoms with Crippen LogP contribution in [0.4, 0.5) is 4.79 Å². The van der Waals surface area contributed by atoms with Gasteiger partial charge in [-0.1, -0.05) is 48.5 Å². The first-order valence-corrected chi connectivity index (χ1v) is 8.11. The van der Waals surface area contributed by atoms with Crippen LogP contribution in [0.5, 0.6) is 5.75 Å². The molecule has 2 aromatic carbocycles. The van der Waals surface area contributed by atoms with Gasteiger partial charge in [0.05, 0.1) is 0 Å². The van der Waals surface area contributed by atoms with Crippen molar-refractivity contribution >= 4 is 17.9 Å². The Labute approximate surface area is 151 Å². The number of nitrogens with one attached hydrogen (secondary N) is 2. The second-order valence-electron chi connectivity index (χ2n) is 5.23. The number of amides is 3. The summed E-state index contributed by atoms with van der Waals surface area (Å²) >= 11 is 0. The van der Waals surface area contributed by atoms with Gasteiger partial charge in [0.1, 0.15) is 5.75 Å². The van der Waals surface area contributed by atoms with Crippen molar-refractivity contribution in [2.45, 2.75) is 13.0 Å². The lowest BCUT2D eigenvalue weighted by Crippen LogP contribution is -2.42. The van der Waals surface area contributed by atoms with Crippen LogP contribution in [0.3, 0.4) is 0 Å². The highest BCUT2D eigenvalue weighted by Crippen LogP contribution is 2.18. The van der Waals surface area contributed by atoms with Crippen LogP contribution in [-0.2, 0) is 14.3 Å². The lowest BCUT2D eigenvalue weighted by Gasteiger charge is -2.18. The quantitative estimate of drug-likeness (QED) is 0.742. The van der Waals surface area contributed by atoms with Crippen LogP contribution in [-0.4, -0.2) is 31.1 Å². The summed E-state index contributed by atoms with van der Waals surface area (Å²) in [5.74, 6) is -0.962. The fourth-order valence-corrected chi connectivity index (χ4v) is 2.11. The Morgan fingerprint density at radius 2 is 1.58 bits per heavy atom. The molecule has 2 aromatic rings. The Morgan fingerprint density at radius 3 is 2.19 bits per heavy atom. The summed E-state index contributed by atoms with van der Waals surface area (Å²) in [5, 5.41) is 4.60. The number of hydrogen-bond acceptors (Lipinski definition) is 5. The van der Waals surface area contributed by atoms with Crippen LogP contribution in [0, 0.1) is 0 Å². The molecule has 0 fully saturated rings. The third-order valence-electron chi connectivity index (χ3n) is 3.26. The molecule has 0 aliphatic heterocycles. The number of benzene rings is 2. The van der Waals surface area contributed by atoms with Gasteiger partial charge < -0.3 is 14.8 Å². The van der Waals surface area contributed by atoms with Gasteiger partial charge >= 0.3 is 12.0 Å². The number of urea groups is 1. The van der Waals surface area contributed by atoms with E-state index in [1.165, 1.54) is 0 Å². The third-order valence-corrected chi connectivity index (χ3v) is 3.26. The predicted molar refractivity (Wildman–Crippen MR) is 94.4 cm³/mol. The number of ether oxygens (including phenoxy) is 2. The summed E-state index contributed by atoms with van der Waals surface area (Å²) < 4.78 is 10.6. The van der Waals surface area contributed by atoms with Crippen LogP contribution >= 0.6 is 0 Å². The van der Waals surface area contributed by atoms with E-state index < -0.39 is 24.0 Å². The number of hydrogen-bond donors (Lipinski definition) is 2. The normalized spacial score (nSPS) is 11.1. The fourth-order valence-electron chi connectivity index (χ4n) is 2.11. The van der Waals surface area contributed by atoms with Crippen molar-refractivity contribution in [3.05, 3.63) is 66.2 Å². The summed E-state index contributed by atoms with van der Waals surface area (Å²) in [5.41, 5.74) is 0.447. The first kappa shape index (κ1) is 19.0. The molecule has 1 atom stereocenters. The lowest BCUT2D eigenvalue weighted by molar-refractivity contribution is -0.158. The molecule has 0 aromatic heterocycles. The van der Waals surface area contributed by atoms with E-state index in [0.29, 0.717) is 17.9 Å². The van der Waals surface area contributed by atoms with Gasteiger partial charge in [-0.2, -0.15) is 0 Å². The lowest BCUT2D eigenvalue weighted by atomic mass is 10.1. The highest BCUT2D eigenvalue weighted by molar-refractivity contribution is 5.97. The van der Waals surface area contributed by atoms with Crippen LogP contribution in [0.25, 0.3) is 0 Å². The van der Waals surface area contributed by atoms with Crippen molar-refractivity contribution in [3.63, 3.8) is 0 Å². The van der Waals surface area contributed by atoms with Gasteiger partial charge in [0, 0.05) is 12.1 Å². The van der Waals surface area contributed by atoms with E-state index in [1.54, 1.807) is 61.5 Å². The van der Waals surface area contributed by atoms with Crippen molar-refractivity contribution in [3.8, 4) is 5.75 Å². The Balaban J connectivity index is 2.02. The maximum absolute atomic E-state index is 12.3. The summed E-state index contributed by atoms with van der Waals surface area (Å²) in [7, 11) is 0. The Hall–Kier alpha value is -3.35. The fraction of sp³-hybridized carbons (Fsp3) is 0.211. The van der Waals surface area contributed by atoms with Gasteiger partial charge in [0.2, 0.25) is 6.10 Å². The molecule has 0 bridgehead atoms. The van der Waals surface area contributed by atoms with E-state index in [-0.39, 0.29) is 6.61 Å². The van der Waals surface area contributed by atoms with Crippen LogP contribution in [0.1, 0.15) is 18.6 Å². The molecule has 26 heavy (non-hydrogen) atoms. The molecule has 0 saturated carbocycles. The molecule has 3 amide bonds. The minimum atomic E-state index is -1.26. The zero-order chi connectivity index (χ0) is 18.8. The highest BCUT2D eigenvalue weighted by atomic mass is 16.6. The summed E-state index contributed by atoms with van der Waals surface area (Å²) in [6.07, 6.45) is -1.26. The molecular formula is C19H20N2O5. The second kappa shape index (κ2) is 9.83. The molecule has 7 nitrogen and oxygen atoms in total. The van der Waals surface area contributed by atoms with E-state index in [9.17, 15) is 14.4 Å². The Kier molecular flexibility index (Phi) is 7.17. The topological polar surface area (TPSA) is 93.7 Å². The molecule has 0 aliphatic carbocycles. The van der Waals surface area contributed by atoms with E-state index >= 15 is 0 Å². The molecule has 0 aliphatic rings. The average molecular weight is 356 g/mol. The van der Waals surface area contributed by atoms with Crippen molar-refractivity contribution in [2.24, 2.45) is 0 Å². The zero-order valence-electron chi connectivity index (χ0n) is 14.3. The monoisotopic (exact) mass is 356 g/mol. The van der Waals surface area contributed by atoms with Crippen molar-refractivity contribution in [1.82, 2.24) is 10.6 Å². The van der Waals surface area contributed by atoms with Crippen LogP contribution in [0.2, 0.25) is 0 Å². The molecule has 7 heteroatoms. The van der Waals surface area contributed by atoms with Gasteiger partial charge in [-0.3, -0.25) is 10.1 Å². The number of imide groups is 1. The maximum Gasteiger partial charge on any atom is 0.345 e. The van der Waals surface area contributed by atoms with Gasteiger partial charge in [-0.05, 0) is 19.1 Å². The smallest absolute Gasteiger partial charge is 0.345 e. The average Bonchev–Trinajstić information content (AvgIpc) is 2.66. The van der Waals surface area contributed by atoms with Crippen LogP contribution in [0.15, 0.2) is 60.7 Å². The van der Waals surface area contributed by atoms with Crippen molar-refractivity contribution in [1.29, 1.82) is 0 Å². The molecule has 2 N–H and O–H groups in total. The van der Waals surface area contributed by atoms with E-state index in [2.05, 4.69) is 10.6 Å². The maximum atomic E-state index is 12.3. The van der Waals surface area contributed by atoms with E-state index in [4.69, 9.17) is 9.47 Å². The first-order valence-electron chi connectivity index (χ1n) is 8.11. The largest absolute Gasteiger partial charge is 0.482 e. The molecule has 0 radical (unpaired) electrons. The highest BCUT2D eigenvalue weighted by Gasteiger charge is 2.26. The molecular weight excluding hydrogens is 336 g/mol. The summed E-state index contributed by atoms with van der Waals surface area (Å²) in [4.78, 5) is 36.0. The van der Waals surface area contributed by atoms with Crippen LogP contribution < -0.4 is 15.4 Å². The molecule has 0 saturated heterocycles. The zero-order valence-corrected chi connectivity index (χ0v) is 14.3. The number of carbonyl (C=O) groups excluding carboxylic acids is 3. The summed E-state index contributed by atoms with van der Waals surface area (Å²) in [6, 6.07) is 16.5. The molecule has 0 spiro atoms. The Morgan fingerprint density at radius 1 is 0.962 bits per heavy atom. The number of carbonyl (C=O) groups is 3. The SMILES string of the molecule is CCNC(=O)NC(=O)[C@@H](OC(=O)COc1ccccc1)c1ccccc1. The van der Waals surface area contributed by atoms with Gasteiger partial charge in [-0.25, -0.2) is 9.59 Å². The number of esters is 1. The van der Waals surface area contributed by atoms with Gasteiger partial charge in [-0.15, -0.1) is 0 Å². The predicted octanol–water partition coefficient (Wildman–Crippen LogP) is 2.20. The van der Waals surface area contributed by atoms with E-state index in [1.807, 2.05) is 6.07 Å². The summed E-state index contributed by atoms with van der Waals surface area (Å²) in [6.45, 7) is 1.72. The standard InChI is InChI=1S/C19H20N2O5/c1-2-20-19(24)21-18(23)17(14-9-5-3-6-10-14)26-16(22)13-25-15-11-7-4-8-12-15/h3-12,17H,2,13H2,1H3,(H2,20,21,23,24)/t17-/m0/s1. The van der Waals surface area contributed by atoms with Gasteiger partial charge in [0.15, 0.2) is 6.61 Å². The third kappa shape index (κ3) is 5.94. The minimum absolute atomic E-state index is 0.359. The Bertz CT molecular complexity index is 734. The van der Waals surface area contributed by atoms with E-state index in [0.717, 1.165) is 0 Å². The minimum Gasteiger partial charge on any atom is -0.482 e. The number of para-hydroxylation sites is 1. The van der Waals surface area contributed by atoms with Gasteiger partial charge in [0.25, 0.3) is 5.91 Å². The molecule has 2 rings (SSSR count). The van der Waals surface area contributed by atoms with Crippen molar-refractivity contribution < 1.29 is 23.9 Å².